The van der Waals surface area contributed by atoms with Crippen molar-refractivity contribution in [2.24, 2.45) is 5.92 Å². The van der Waals surface area contributed by atoms with Crippen LogP contribution in [0.4, 0.5) is 0 Å². The predicted molar refractivity (Wildman–Crippen MR) is 122 cm³/mol. The molecule has 4 unspecified atom stereocenters. The molecule has 0 N–H and O–H groups in total. The molecule has 0 nitrogen and oxygen atoms in total. The zero-order valence-electron chi connectivity index (χ0n) is 18.3. The van der Waals surface area contributed by atoms with E-state index in [0.717, 1.165) is 17.2 Å². The predicted octanol–water partition coefficient (Wildman–Crippen LogP) is 7.94. The molecule has 4 atom stereocenters. The maximum absolute atomic E-state index is 2.62. The molecule has 2 fully saturated rings. The third-order valence-corrected chi connectivity index (χ3v) is 10.6. The summed E-state index contributed by atoms with van der Waals surface area (Å²) < 4.78 is 0. The molecule has 27 heavy (non-hydrogen) atoms. The first kappa shape index (κ1) is 19.7. The summed E-state index contributed by atoms with van der Waals surface area (Å²) in [5, 5.41) is 0. The fraction of sp³-hybridized carbons (Fsp3) is 0.692. The molecule has 4 rings (SSSR count). The Labute approximate surface area is 169 Å². The van der Waals surface area contributed by atoms with Crippen LogP contribution in [0.2, 0.25) is 0 Å². The van der Waals surface area contributed by atoms with Crippen LogP contribution in [-0.2, 0) is 5.41 Å². The van der Waals surface area contributed by atoms with Crippen LogP contribution in [0.5, 0.6) is 0 Å². The number of allylic oxidation sites excluding steroid dienone is 2. The van der Waals surface area contributed by atoms with Crippen LogP contribution in [0, 0.1) is 19.8 Å². The Morgan fingerprint density at radius 3 is 2.19 bits per heavy atom. The SMILES string of the molecule is CC1=C(C)C(C)(C2CCCCC2PC2CCCCC2)c2c(C)ccc(C)c21. The minimum absolute atomic E-state index is 0.266. The lowest BCUT2D eigenvalue weighted by Gasteiger charge is -2.46. The number of hydrogen-bond acceptors (Lipinski definition) is 0. The smallest absolute Gasteiger partial charge is 0.0179 e. The average molecular weight is 383 g/mol. The van der Waals surface area contributed by atoms with Crippen molar-refractivity contribution in [3.05, 3.63) is 40.0 Å². The first-order valence-electron chi connectivity index (χ1n) is 11.5. The first-order chi connectivity index (χ1) is 12.9. The van der Waals surface area contributed by atoms with Crippen molar-refractivity contribution < 1.29 is 0 Å². The van der Waals surface area contributed by atoms with Gasteiger partial charge in [0.05, 0.1) is 0 Å². The largest absolute Gasteiger partial charge is 0.115 e. The lowest BCUT2D eigenvalue weighted by atomic mass is 9.63. The third kappa shape index (κ3) is 3.25. The van der Waals surface area contributed by atoms with Crippen LogP contribution < -0.4 is 0 Å². The summed E-state index contributed by atoms with van der Waals surface area (Å²) in [6, 6.07) is 4.73. The van der Waals surface area contributed by atoms with Gasteiger partial charge >= 0.3 is 0 Å². The summed E-state index contributed by atoms with van der Waals surface area (Å²) in [6.45, 7) is 12.2. The van der Waals surface area contributed by atoms with Gasteiger partial charge in [0.15, 0.2) is 0 Å². The molecule has 0 spiro atoms. The molecule has 0 heterocycles. The van der Waals surface area contributed by atoms with Crippen molar-refractivity contribution in [3.63, 3.8) is 0 Å². The van der Waals surface area contributed by atoms with Gasteiger partial charge in [-0.25, -0.2) is 0 Å². The van der Waals surface area contributed by atoms with Crippen LogP contribution >= 0.6 is 8.58 Å². The molecule has 0 amide bonds. The van der Waals surface area contributed by atoms with Gasteiger partial charge in [0, 0.05) is 5.41 Å². The van der Waals surface area contributed by atoms with Gasteiger partial charge in [0.2, 0.25) is 0 Å². The van der Waals surface area contributed by atoms with E-state index in [-0.39, 0.29) is 5.41 Å². The standard InChI is InChI=1S/C26H39P/c1-17-15-16-18(2)25-24(17)19(3)20(4)26(25,5)22-13-9-10-14-23(22)27-21-11-7-6-8-12-21/h15-16,21-23,27H,6-14H2,1-5H3. The molecule has 3 aliphatic carbocycles. The van der Waals surface area contributed by atoms with Crippen molar-refractivity contribution in [2.75, 3.05) is 0 Å². The van der Waals surface area contributed by atoms with Crippen molar-refractivity contribution in [1.29, 1.82) is 0 Å². The Morgan fingerprint density at radius 1 is 0.815 bits per heavy atom. The summed E-state index contributed by atoms with van der Waals surface area (Å²) in [5.41, 5.74) is 11.8. The molecule has 0 radical (unpaired) electrons. The van der Waals surface area contributed by atoms with E-state index in [4.69, 9.17) is 0 Å². The monoisotopic (exact) mass is 382 g/mol. The molecule has 3 aliphatic rings. The second kappa shape index (κ2) is 7.67. The van der Waals surface area contributed by atoms with Crippen molar-refractivity contribution in [1.82, 2.24) is 0 Å². The second-order valence-corrected chi connectivity index (χ2v) is 11.8. The third-order valence-electron chi connectivity index (χ3n) is 8.42. The first-order valence-corrected chi connectivity index (χ1v) is 12.6. The van der Waals surface area contributed by atoms with Crippen LogP contribution in [0.1, 0.15) is 101 Å². The molecule has 148 valence electrons. The molecule has 0 saturated heterocycles. The van der Waals surface area contributed by atoms with Crippen LogP contribution in [0.25, 0.3) is 5.57 Å². The zero-order chi connectivity index (χ0) is 19.2. The van der Waals surface area contributed by atoms with E-state index in [1.807, 2.05) is 0 Å². The Balaban J connectivity index is 1.73. The highest BCUT2D eigenvalue weighted by Crippen LogP contribution is 2.58. The maximum Gasteiger partial charge on any atom is 0.0179 e. The summed E-state index contributed by atoms with van der Waals surface area (Å²) in [6.07, 6.45) is 13.3. The fourth-order valence-corrected chi connectivity index (χ4v) is 9.24. The van der Waals surface area contributed by atoms with E-state index < -0.39 is 0 Å². The highest BCUT2D eigenvalue weighted by Gasteiger charge is 2.48. The van der Waals surface area contributed by atoms with E-state index in [0.29, 0.717) is 0 Å². The number of aryl methyl sites for hydroxylation is 2. The molecule has 0 bridgehead atoms. The topological polar surface area (TPSA) is 0 Å². The number of rotatable bonds is 3. The van der Waals surface area contributed by atoms with Crippen LogP contribution in [0.3, 0.4) is 0 Å². The van der Waals surface area contributed by atoms with Crippen molar-refractivity contribution in [3.8, 4) is 0 Å². The number of hydrogen-bond donors (Lipinski definition) is 0. The fourth-order valence-electron chi connectivity index (χ4n) is 6.78. The summed E-state index contributed by atoms with van der Waals surface area (Å²) in [5.74, 6) is 0.850. The van der Waals surface area contributed by atoms with Gasteiger partial charge < -0.3 is 0 Å². The van der Waals surface area contributed by atoms with Gasteiger partial charge in [-0.2, -0.15) is 0 Å². The lowest BCUT2D eigenvalue weighted by Crippen LogP contribution is -2.41. The average Bonchev–Trinajstić information content (AvgIpc) is 2.89. The Hall–Kier alpha value is -0.610. The summed E-state index contributed by atoms with van der Waals surface area (Å²) in [4.78, 5) is 0. The van der Waals surface area contributed by atoms with E-state index in [1.54, 1.807) is 22.3 Å². The minimum atomic E-state index is 0.266. The van der Waals surface area contributed by atoms with Crippen molar-refractivity contribution in [2.45, 2.75) is 109 Å². The molecule has 0 aliphatic heterocycles. The van der Waals surface area contributed by atoms with Crippen LogP contribution in [0.15, 0.2) is 17.7 Å². The quantitative estimate of drug-likeness (QED) is 0.465. The van der Waals surface area contributed by atoms with E-state index in [9.17, 15) is 0 Å². The van der Waals surface area contributed by atoms with Gasteiger partial charge in [0.1, 0.15) is 0 Å². The summed E-state index contributed by atoms with van der Waals surface area (Å²) >= 11 is 0. The minimum Gasteiger partial charge on any atom is -0.115 e. The molecular formula is C26H39P. The van der Waals surface area contributed by atoms with E-state index >= 15 is 0 Å². The highest BCUT2D eigenvalue weighted by atomic mass is 31.1. The van der Waals surface area contributed by atoms with E-state index in [1.165, 1.54) is 77.5 Å². The molecule has 1 aromatic rings. The number of benzene rings is 1. The highest BCUT2D eigenvalue weighted by molar-refractivity contribution is 7.39. The van der Waals surface area contributed by atoms with Crippen LogP contribution in [-0.4, -0.2) is 11.3 Å². The van der Waals surface area contributed by atoms with Gasteiger partial charge in [-0.15, -0.1) is 8.58 Å². The molecule has 0 aromatic heterocycles. The van der Waals surface area contributed by atoms with Gasteiger partial charge in [-0.1, -0.05) is 56.7 Å². The number of fused-ring (bicyclic) bond motifs is 1. The Bertz CT molecular complexity index is 737. The zero-order valence-corrected chi connectivity index (χ0v) is 19.3. The molecule has 1 heteroatoms. The van der Waals surface area contributed by atoms with Gasteiger partial charge in [0.25, 0.3) is 0 Å². The maximum atomic E-state index is 2.62. The molecular weight excluding hydrogens is 343 g/mol. The van der Waals surface area contributed by atoms with Gasteiger partial charge in [-0.3, -0.25) is 0 Å². The second-order valence-electron chi connectivity index (χ2n) is 9.90. The normalized spacial score (nSPS) is 32.5. The molecule has 2 saturated carbocycles. The molecule has 1 aromatic carbocycles. The van der Waals surface area contributed by atoms with Crippen molar-refractivity contribution >= 4 is 14.2 Å². The Morgan fingerprint density at radius 2 is 1.44 bits per heavy atom. The van der Waals surface area contributed by atoms with E-state index in [2.05, 4.69) is 46.8 Å². The van der Waals surface area contributed by atoms with Gasteiger partial charge in [-0.05, 0) is 98.4 Å². The summed E-state index contributed by atoms with van der Waals surface area (Å²) in [7, 11) is 1.21. The lowest BCUT2D eigenvalue weighted by molar-refractivity contribution is 0.259. The Kier molecular flexibility index (Phi) is 5.59.